The van der Waals surface area contributed by atoms with E-state index in [0.717, 1.165) is 12.1 Å². The van der Waals surface area contributed by atoms with Crippen molar-refractivity contribution in [1.29, 1.82) is 0 Å². The van der Waals surface area contributed by atoms with Crippen molar-refractivity contribution in [2.75, 3.05) is 13.7 Å². The van der Waals surface area contributed by atoms with Gasteiger partial charge in [-0.3, -0.25) is 9.59 Å². The van der Waals surface area contributed by atoms with Crippen molar-refractivity contribution >= 4 is 11.6 Å². The zero-order chi connectivity index (χ0) is 23.6. The van der Waals surface area contributed by atoms with Crippen molar-refractivity contribution < 1.29 is 54.4 Å². The van der Waals surface area contributed by atoms with Gasteiger partial charge in [-0.2, -0.15) is 0 Å². The molecule has 11 heteroatoms. The standard InChI is InChI=1S/C21H22O11/c1-30-14-6-9(2-5-12(14)23)16(25)17(26)11-4-3-10(7-13(11)24)31-21-20(29)19(28)18(27)15(8-22)32-21/h2-7,15,18-24,27-29H,8H2,1H3. The summed E-state index contributed by atoms with van der Waals surface area (Å²) in [6, 6.07) is 6.94. The quantitative estimate of drug-likeness (QED) is 0.233. The molecule has 2 aromatic rings. The molecular formula is C21H22O11. The van der Waals surface area contributed by atoms with Gasteiger partial charge in [0.25, 0.3) is 0 Å². The second-order valence-electron chi connectivity index (χ2n) is 7.04. The zero-order valence-corrected chi connectivity index (χ0v) is 16.8. The van der Waals surface area contributed by atoms with E-state index >= 15 is 0 Å². The average molecular weight is 450 g/mol. The summed E-state index contributed by atoms with van der Waals surface area (Å²) >= 11 is 0. The maximum atomic E-state index is 12.6. The number of phenols is 2. The number of Topliss-reactive ketones (excluding diaryl/α,β-unsaturated/α-hetero) is 2. The molecule has 172 valence electrons. The van der Waals surface area contributed by atoms with Gasteiger partial charge >= 0.3 is 0 Å². The Morgan fingerprint density at radius 1 is 0.938 bits per heavy atom. The summed E-state index contributed by atoms with van der Waals surface area (Å²) in [5.74, 6) is -2.89. The molecule has 0 amide bonds. The monoisotopic (exact) mass is 450 g/mol. The molecule has 1 saturated heterocycles. The fourth-order valence-corrected chi connectivity index (χ4v) is 3.15. The SMILES string of the molecule is COc1cc(C(=O)C(=O)c2ccc(OC3OC(CO)C(O)C(O)C3O)cc2O)ccc1O. The van der Waals surface area contributed by atoms with Gasteiger partial charge in [0.15, 0.2) is 11.5 Å². The molecule has 1 heterocycles. The minimum atomic E-state index is -1.66. The molecule has 0 saturated carbocycles. The summed E-state index contributed by atoms with van der Waals surface area (Å²) < 4.78 is 15.5. The van der Waals surface area contributed by atoms with Crippen LogP contribution in [0.15, 0.2) is 36.4 Å². The number of hydrogen-bond donors (Lipinski definition) is 6. The van der Waals surface area contributed by atoms with Gasteiger partial charge in [-0.05, 0) is 30.3 Å². The molecular weight excluding hydrogens is 428 g/mol. The molecule has 5 atom stereocenters. The van der Waals surface area contributed by atoms with E-state index in [1.165, 1.54) is 31.4 Å². The lowest BCUT2D eigenvalue weighted by atomic mass is 9.99. The minimum Gasteiger partial charge on any atom is -0.507 e. The Kier molecular flexibility index (Phi) is 6.96. The van der Waals surface area contributed by atoms with Crippen LogP contribution in [0.2, 0.25) is 0 Å². The molecule has 32 heavy (non-hydrogen) atoms. The topological polar surface area (TPSA) is 183 Å². The van der Waals surface area contributed by atoms with Crippen molar-refractivity contribution in [3.8, 4) is 23.0 Å². The number of rotatable bonds is 7. The number of ketones is 2. The number of methoxy groups -OCH3 is 1. The summed E-state index contributed by atoms with van der Waals surface area (Å²) in [7, 11) is 1.28. The first kappa shape index (κ1) is 23.4. The largest absolute Gasteiger partial charge is 0.507 e. The lowest BCUT2D eigenvalue weighted by Gasteiger charge is -2.39. The Bertz CT molecular complexity index is 1000. The van der Waals surface area contributed by atoms with Crippen LogP contribution in [0, 0.1) is 0 Å². The summed E-state index contributed by atoms with van der Waals surface area (Å²) in [6.07, 6.45) is -7.55. The summed E-state index contributed by atoms with van der Waals surface area (Å²) in [4.78, 5) is 25.1. The first-order valence-corrected chi connectivity index (χ1v) is 9.44. The molecule has 1 aliphatic rings. The summed E-state index contributed by atoms with van der Waals surface area (Å²) in [6.45, 7) is -0.645. The molecule has 2 aromatic carbocycles. The van der Waals surface area contributed by atoms with Crippen LogP contribution in [0.4, 0.5) is 0 Å². The second kappa shape index (κ2) is 9.51. The Labute approximate surface area is 181 Å². The highest BCUT2D eigenvalue weighted by Crippen LogP contribution is 2.30. The number of hydrogen-bond acceptors (Lipinski definition) is 11. The van der Waals surface area contributed by atoms with E-state index in [0.29, 0.717) is 0 Å². The third kappa shape index (κ3) is 4.52. The van der Waals surface area contributed by atoms with Crippen LogP contribution >= 0.6 is 0 Å². The second-order valence-corrected chi connectivity index (χ2v) is 7.04. The number of aromatic hydroxyl groups is 2. The van der Waals surface area contributed by atoms with E-state index in [9.17, 15) is 40.2 Å². The van der Waals surface area contributed by atoms with Gasteiger partial charge in [0, 0.05) is 11.6 Å². The van der Waals surface area contributed by atoms with Crippen LogP contribution in [-0.4, -0.2) is 86.6 Å². The molecule has 11 nitrogen and oxygen atoms in total. The van der Waals surface area contributed by atoms with E-state index in [1.807, 2.05) is 0 Å². The lowest BCUT2D eigenvalue weighted by Crippen LogP contribution is -2.60. The van der Waals surface area contributed by atoms with Gasteiger partial charge in [-0.25, -0.2) is 0 Å². The first-order chi connectivity index (χ1) is 15.2. The van der Waals surface area contributed by atoms with Crippen LogP contribution in [0.25, 0.3) is 0 Å². The number of aliphatic hydroxyl groups is 4. The summed E-state index contributed by atoms with van der Waals surface area (Å²) in [5, 5.41) is 58.7. The molecule has 1 fully saturated rings. The predicted molar refractivity (Wildman–Crippen MR) is 106 cm³/mol. The van der Waals surface area contributed by atoms with E-state index in [-0.39, 0.29) is 28.4 Å². The zero-order valence-electron chi connectivity index (χ0n) is 16.8. The average Bonchev–Trinajstić information content (AvgIpc) is 2.79. The van der Waals surface area contributed by atoms with E-state index in [4.69, 9.17) is 14.2 Å². The van der Waals surface area contributed by atoms with Crippen molar-refractivity contribution in [3.63, 3.8) is 0 Å². The van der Waals surface area contributed by atoms with Crippen molar-refractivity contribution in [3.05, 3.63) is 47.5 Å². The number of ether oxygens (including phenoxy) is 3. The lowest BCUT2D eigenvalue weighted by molar-refractivity contribution is -0.277. The van der Waals surface area contributed by atoms with Gasteiger partial charge < -0.3 is 44.8 Å². The number of phenolic OH excluding ortho intramolecular Hbond substituents is 2. The summed E-state index contributed by atoms with van der Waals surface area (Å²) in [5.41, 5.74) is -0.395. The number of aliphatic hydroxyl groups excluding tert-OH is 4. The van der Waals surface area contributed by atoms with E-state index < -0.39 is 54.6 Å². The smallest absolute Gasteiger partial charge is 0.237 e. The minimum absolute atomic E-state index is 0.00357. The molecule has 1 aliphatic heterocycles. The Hall–Kier alpha value is -3.22. The van der Waals surface area contributed by atoms with Gasteiger partial charge in [-0.15, -0.1) is 0 Å². The van der Waals surface area contributed by atoms with E-state index in [2.05, 4.69) is 0 Å². The van der Waals surface area contributed by atoms with Crippen LogP contribution in [0.5, 0.6) is 23.0 Å². The Morgan fingerprint density at radius 2 is 1.66 bits per heavy atom. The molecule has 3 rings (SSSR count). The fraction of sp³-hybridized carbons (Fsp3) is 0.333. The molecule has 0 spiro atoms. The third-order valence-corrected chi connectivity index (χ3v) is 4.96. The van der Waals surface area contributed by atoms with Gasteiger partial charge in [0.1, 0.15) is 35.9 Å². The molecule has 0 radical (unpaired) electrons. The van der Waals surface area contributed by atoms with Crippen LogP contribution < -0.4 is 9.47 Å². The maximum absolute atomic E-state index is 12.6. The molecule has 6 N–H and O–H groups in total. The third-order valence-electron chi connectivity index (χ3n) is 4.96. The van der Waals surface area contributed by atoms with Crippen molar-refractivity contribution in [2.24, 2.45) is 0 Å². The van der Waals surface area contributed by atoms with Crippen molar-refractivity contribution in [2.45, 2.75) is 30.7 Å². The highest BCUT2D eigenvalue weighted by Gasteiger charge is 2.44. The molecule has 5 unspecified atom stereocenters. The van der Waals surface area contributed by atoms with Gasteiger partial charge in [0.05, 0.1) is 19.3 Å². The Balaban J connectivity index is 1.77. The van der Waals surface area contributed by atoms with Crippen LogP contribution in [0.1, 0.15) is 20.7 Å². The van der Waals surface area contributed by atoms with Crippen molar-refractivity contribution in [1.82, 2.24) is 0 Å². The number of benzene rings is 2. The van der Waals surface area contributed by atoms with Gasteiger partial charge in [0.2, 0.25) is 17.9 Å². The highest BCUT2D eigenvalue weighted by molar-refractivity contribution is 6.49. The first-order valence-electron chi connectivity index (χ1n) is 9.44. The van der Waals surface area contributed by atoms with E-state index in [1.54, 1.807) is 0 Å². The highest BCUT2D eigenvalue weighted by atomic mass is 16.7. The van der Waals surface area contributed by atoms with Crippen LogP contribution in [-0.2, 0) is 4.74 Å². The molecule has 0 bridgehead atoms. The molecule has 0 aliphatic carbocycles. The number of carbonyl (C=O) groups is 2. The fourth-order valence-electron chi connectivity index (χ4n) is 3.15. The van der Waals surface area contributed by atoms with Gasteiger partial charge in [-0.1, -0.05) is 0 Å². The number of carbonyl (C=O) groups excluding carboxylic acids is 2. The van der Waals surface area contributed by atoms with Crippen LogP contribution in [0.3, 0.4) is 0 Å². The molecule has 0 aromatic heterocycles. The Morgan fingerprint density at radius 3 is 2.28 bits per heavy atom. The predicted octanol–water partition coefficient (Wildman–Crippen LogP) is -0.649. The maximum Gasteiger partial charge on any atom is 0.237 e. The normalized spacial score (nSPS) is 25.2.